The average Bonchev–Trinajstić information content (AvgIpc) is 3.24. The first kappa shape index (κ1) is 17.3. The van der Waals surface area contributed by atoms with Gasteiger partial charge in [0.05, 0.1) is 5.25 Å². The molecule has 4 rings (SSSR count). The number of nitrogens with zero attached hydrogens (tertiary/aromatic N) is 3. The van der Waals surface area contributed by atoms with Crippen molar-refractivity contribution in [3.05, 3.63) is 47.8 Å². The Morgan fingerprint density at radius 2 is 2.19 bits per heavy atom. The molecule has 2 aliphatic carbocycles. The summed E-state index contributed by atoms with van der Waals surface area (Å²) in [6.07, 6.45) is 7.68. The fourth-order valence-corrected chi connectivity index (χ4v) is 4.30. The van der Waals surface area contributed by atoms with Crippen molar-refractivity contribution in [1.82, 2.24) is 14.8 Å². The van der Waals surface area contributed by atoms with Gasteiger partial charge in [0.1, 0.15) is 5.82 Å². The Labute approximate surface area is 158 Å². The summed E-state index contributed by atoms with van der Waals surface area (Å²) < 4.78 is 2.09. The Kier molecular flexibility index (Phi) is 4.85. The molecule has 1 atom stereocenters. The van der Waals surface area contributed by atoms with E-state index >= 15 is 0 Å². The Hall–Kier alpha value is -2.08. The van der Waals surface area contributed by atoms with E-state index in [-0.39, 0.29) is 11.2 Å². The van der Waals surface area contributed by atoms with E-state index in [4.69, 9.17) is 0 Å². The molecule has 1 heterocycles. The van der Waals surface area contributed by atoms with Crippen LogP contribution in [0.3, 0.4) is 0 Å². The third-order valence-electron chi connectivity index (χ3n) is 5.02. The zero-order valence-corrected chi connectivity index (χ0v) is 15.9. The van der Waals surface area contributed by atoms with Crippen molar-refractivity contribution in [1.29, 1.82) is 0 Å². The Morgan fingerprint density at radius 1 is 1.38 bits per heavy atom. The number of rotatable bonds is 7. The number of hydrogen-bond donors (Lipinski definition) is 1. The van der Waals surface area contributed by atoms with Crippen molar-refractivity contribution in [2.24, 2.45) is 0 Å². The van der Waals surface area contributed by atoms with Crippen LogP contribution in [0.5, 0.6) is 0 Å². The van der Waals surface area contributed by atoms with E-state index in [1.807, 2.05) is 19.1 Å². The molecule has 1 N–H and O–H groups in total. The summed E-state index contributed by atoms with van der Waals surface area (Å²) in [5.74, 6) is 1.54. The van der Waals surface area contributed by atoms with Crippen molar-refractivity contribution in [3.63, 3.8) is 0 Å². The highest BCUT2D eigenvalue weighted by Gasteiger charge is 2.31. The van der Waals surface area contributed by atoms with Gasteiger partial charge in [0.2, 0.25) is 5.91 Å². The van der Waals surface area contributed by atoms with Crippen LogP contribution in [-0.2, 0) is 24.2 Å². The number of amides is 1. The second kappa shape index (κ2) is 7.27. The number of hydrogen-bond acceptors (Lipinski definition) is 4. The van der Waals surface area contributed by atoms with Crippen LogP contribution in [0.25, 0.3) is 0 Å². The SMILES string of the molecule is C=CCn1c(SC(C)C(=O)Nc2ccc3c(c2)CCC3)nnc1C1CC1. The standard InChI is InChI=1S/C20H24N4OS/c1-3-11-24-18(15-7-8-15)22-23-20(24)26-13(2)19(25)21-17-10-9-14-5-4-6-16(14)12-17/h3,9-10,12-13,15H,1,4-8,11H2,2H3,(H,21,25). The lowest BCUT2D eigenvalue weighted by molar-refractivity contribution is -0.115. The second-order valence-electron chi connectivity index (χ2n) is 7.10. The van der Waals surface area contributed by atoms with Crippen LogP contribution in [0.15, 0.2) is 36.0 Å². The molecule has 5 nitrogen and oxygen atoms in total. The number of fused-ring (bicyclic) bond motifs is 1. The molecular weight excluding hydrogens is 344 g/mol. The number of aromatic nitrogens is 3. The monoisotopic (exact) mass is 368 g/mol. The van der Waals surface area contributed by atoms with Crippen LogP contribution in [0, 0.1) is 0 Å². The molecule has 0 bridgehead atoms. The number of benzene rings is 1. The molecular formula is C20H24N4OS. The molecule has 1 aromatic heterocycles. The fourth-order valence-electron chi connectivity index (χ4n) is 3.44. The molecule has 0 radical (unpaired) electrons. The van der Waals surface area contributed by atoms with E-state index in [0.29, 0.717) is 12.5 Å². The van der Waals surface area contributed by atoms with Gasteiger partial charge in [-0.25, -0.2) is 0 Å². The summed E-state index contributed by atoms with van der Waals surface area (Å²) in [7, 11) is 0. The van der Waals surface area contributed by atoms with E-state index in [9.17, 15) is 4.79 Å². The molecule has 0 saturated heterocycles. The van der Waals surface area contributed by atoms with E-state index in [2.05, 4.69) is 38.8 Å². The van der Waals surface area contributed by atoms with Crippen LogP contribution in [-0.4, -0.2) is 25.9 Å². The molecule has 0 aliphatic heterocycles. The summed E-state index contributed by atoms with van der Waals surface area (Å²) in [6, 6.07) is 6.26. The summed E-state index contributed by atoms with van der Waals surface area (Å²) in [5.41, 5.74) is 3.66. The van der Waals surface area contributed by atoms with Crippen molar-refractivity contribution in [3.8, 4) is 0 Å². The van der Waals surface area contributed by atoms with Crippen molar-refractivity contribution < 1.29 is 4.79 Å². The first-order valence-electron chi connectivity index (χ1n) is 9.29. The first-order chi connectivity index (χ1) is 12.7. The second-order valence-corrected chi connectivity index (χ2v) is 8.41. The molecule has 0 spiro atoms. The highest BCUT2D eigenvalue weighted by Crippen LogP contribution is 2.40. The van der Waals surface area contributed by atoms with Crippen molar-refractivity contribution in [2.75, 3.05) is 5.32 Å². The summed E-state index contributed by atoms with van der Waals surface area (Å²) in [6.45, 7) is 6.43. The van der Waals surface area contributed by atoms with Gasteiger partial charge in [0, 0.05) is 18.2 Å². The van der Waals surface area contributed by atoms with Crippen LogP contribution in [0.1, 0.15) is 49.1 Å². The highest BCUT2D eigenvalue weighted by molar-refractivity contribution is 8.00. The summed E-state index contributed by atoms with van der Waals surface area (Å²) in [5, 5.41) is 12.3. The van der Waals surface area contributed by atoms with Gasteiger partial charge in [0.15, 0.2) is 5.16 Å². The number of carbonyl (C=O) groups is 1. The lowest BCUT2D eigenvalue weighted by Crippen LogP contribution is -2.23. The van der Waals surface area contributed by atoms with Crippen molar-refractivity contribution >= 4 is 23.4 Å². The predicted octanol–water partition coefficient (Wildman–Crippen LogP) is 3.95. The number of allylic oxidation sites excluding steroid dienone is 1. The quantitative estimate of drug-likeness (QED) is 0.594. The van der Waals surface area contributed by atoms with Crippen LogP contribution in [0.4, 0.5) is 5.69 Å². The van der Waals surface area contributed by atoms with E-state index in [0.717, 1.165) is 29.5 Å². The fraction of sp³-hybridized carbons (Fsp3) is 0.450. The minimum Gasteiger partial charge on any atom is -0.325 e. The minimum atomic E-state index is -0.247. The largest absolute Gasteiger partial charge is 0.325 e. The van der Waals surface area contributed by atoms with E-state index in [1.165, 1.54) is 42.2 Å². The van der Waals surface area contributed by atoms with E-state index in [1.54, 1.807) is 0 Å². The normalized spacial score (nSPS) is 17.0. The molecule has 1 unspecified atom stereocenters. The zero-order chi connectivity index (χ0) is 18.1. The number of carbonyl (C=O) groups excluding carboxylic acids is 1. The van der Waals surface area contributed by atoms with Gasteiger partial charge in [-0.3, -0.25) is 4.79 Å². The van der Waals surface area contributed by atoms with Gasteiger partial charge >= 0.3 is 0 Å². The molecule has 2 aliphatic rings. The van der Waals surface area contributed by atoms with E-state index < -0.39 is 0 Å². The maximum atomic E-state index is 12.6. The summed E-state index contributed by atoms with van der Waals surface area (Å²) in [4.78, 5) is 12.6. The summed E-state index contributed by atoms with van der Waals surface area (Å²) >= 11 is 1.46. The topological polar surface area (TPSA) is 59.8 Å². The highest BCUT2D eigenvalue weighted by atomic mass is 32.2. The number of anilines is 1. The van der Waals surface area contributed by atoms with Gasteiger partial charge in [0.25, 0.3) is 0 Å². The molecule has 26 heavy (non-hydrogen) atoms. The Balaban J connectivity index is 1.43. The third kappa shape index (κ3) is 3.56. The van der Waals surface area contributed by atoms with Gasteiger partial charge in [-0.05, 0) is 62.3 Å². The zero-order valence-electron chi connectivity index (χ0n) is 15.1. The average molecular weight is 369 g/mol. The van der Waals surface area contributed by atoms with Crippen LogP contribution in [0.2, 0.25) is 0 Å². The maximum absolute atomic E-state index is 12.6. The molecule has 1 aromatic carbocycles. The number of aryl methyl sites for hydroxylation is 2. The molecule has 136 valence electrons. The molecule has 1 saturated carbocycles. The number of thioether (sulfide) groups is 1. The lowest BCUT2D eigenvalue weighted by atomic mass is 10.1. The minimum absolute atomic E-state index is 0.00549. The molecule has 1 amide bonds. The van der Waals surface area contributed by atoms with Gasteiger partial charge in [-0.2, -0.15) is 0 Å². The van der Waals surface area contributed by atoms with Gasteiger partial charge < -0.3 is 9.88 Å². The molecule has 2 aromatic rings. The molecule has 6 heteroatoms. The Bertz CT molecular complexity index is 840. The third-order valence-corrected chi connectivity index (χ3v) is 6.10. The van der Waals surface area contributed by atoms with Gasteiger partial charge in [-0.1, -0.05) is 23.9 Å². The smallest absolute Gasteiger partial charge is 0.237 e. The lowest BCUT2D eigenvalue weighted by Gasteiger charge is -2.13. The van der Waals surface area contributed by atoms with Crippen LogP contribution < -0.4 is 5.32 Å². The maximum Gasteiger partial charge on any atom is 0.237 e. The predicted molar refractivity (Wildman–Crippen MR) is 105 cm³/mol. The van der Waals surface area contributed by atoms with Crippen LogP contribution >= 0.6 is 11.8 Å². The van der Waals surface area contributed by atoms with Crippen molar-refractivity contribution in [2.45, 2.75) is 61.9 Å². The number of nitrogens with one attached hydrogen (secondary N) is 1. The van der Waals surface area contributed by atoms with Gasteiger partial charge in [-0.15, -0.1) is 16.8 Å². The Morgan fingerprint density at radius 3 is 2.96 bits per heavy atom. The molecule has 1 fully saturated rings. The first-order valence-corrected chi connectivity index (χ1v) is 10.2.